The molecule has 0 saturated carbocycles. The molecule has 1 heterocycles. The Balaban J connectivity index is 2.00. The van der Waals surface area contributed by atoms with Gasteiger partial charge in [0.05, 0.1) is 17.0 Å². The van der Waals surface area contributed by atoms with Crippen LogP contribution in [0.3, 0.4) is 0 Å². The van der Waals surface area contributed by atoms with Crippen molar-refractivity contribution in [2.45, 2.75) is 46.3 Å². The van der Waals surface area contributed by atoms with E-state index in [-0.39, 0.29) is 31.0 Å². The van der Waals surface area contributed by atoms with Crippen LogP contribution in [-0.2, 0) is 32.1 Å². The van der Waals surface area contributed by atoms with Gasteiger partial charge in [0, 0.05) is 30.1 Å². The molecule has 3 aromatic rings. The number of carbonyl (C=O) groups is 2. The van der Waals surface area contributed by atoms with Crippen molar-refractivity contribution in [3.63, 3.8) is 0 Å². The van der Waals surface area contributed by atoms with Gasteiger partial charge in [0.1, 0.15) is 12.2 Å². The molecule has 0 unspecified atom stereocenters. The van der Waals surface area contributed by atoms with Gasteiger partial charge in [-0.2, -0.15) is 0 Å². The normalized spacial score (nSPS) is 11.8. The number of hydrogen-bond donors (Lipinski definition) is 0. The number of nitro benzene ring substituents is 1. The molecule has 0 N–H and O–H groups in total. The average Bonchev–Trinajstić information content (AvgIpc) is 3.16. The first-order valence-corrected chi connectivity index (χ1v) is 11.0. The van der Waals surface area contributed by atoms with Gasteiger partial charge >= 0.3 is 12.1 Å². The van der Waals surface area contributed by atoms with Crippen LogP contribution in [0.1, 0.15) is 38.8 Å². The maximum absolute atomic E-state index is 12.8. The van der Waals surface area contributed by atoms with Gasteiger partial charge in [-0.25, -0.2) is 9.59 Å². The molecular formula is C25H27N3O7. The van der Waals surface area contributed by atoms with E-state index in [1.54, 1.807) is 27.7 Å². The van der Waals surface area contributed by atoms with Crippen LogP contribution in [0, 0.1) is 10.1 Å². The predicted molar refractivity (Wildman–Crippen MR) is 129 cm³/mol. The minimum absolute atomic E-state index is 0.0440. The smallest absolute Gasteiger partial charge is 0.419 e. The second-order valence-corrected chi connectivity index (χ2v) is 8.66. The number of carbonyl (C=O) groups excluding carboxylic acids is 2. The van der Waals surface area contributed by atoms with E-state index in [1.807, 2.05) is 30.3 Å². The molecular weight excluding hydrogens is 454 g/mol. The SMILES string of the molecule is CCOC(=O)/C(Cc1cn(C(=O)OC(C)(C)C)c2ccc([N+](=O)[O-])cc12)=N/OCc1ccccc1. The minimum Gasteiger partial charge on any atom is -0.461 e. The molecule has 0 radical (unpaired) electrons. The highest BCUT2D eigenvalue weighted by atomic mass is 16.6. The molecule has 0 aliphatic heterocycles. The molecule has 3 rings (SSSR count). The molecule has 0 amide bonds. The molecule has 184 valence electrons. The van der Waals surface area contributed by atoms with Crippen LogP contribution in [0.2, 0.25) is 0 Å². The predicted octanol–water partition coefficient (Wildman–Crippen LogP) is 5.01. The summed E-state index contributed by atoms with van der Waals surface area (Å²) < 4.78 is 11.8. The van der Waals surface area contributed by atoms with Crippen LogP contribution in [0.15, 0.2) is 59.9 Å². The fraction of sp³-hybridized carbons (Fsp3) is 0.320. The largest absolute Gasteiger partial charge is 0.461 e. The maximum Gasteiger partial charge on any atom is 0.419 e. The van der Waals surface area contributed by atoms with Crippen molar-refractivity contribution in [1.29, 1.82) is 0 Å². The van der Waals surface area contributed by atoms with Crippen LogP contribution in [-0.4, -0.2) is 39.5 Å². The second-order valence-electron chi connectivity index (χ2n) is 8.66. The van der Waals surface area contributed by atoms with Gasteiger partial charge in [0.2, 0.25) is 0 Å². The number of hydrogen-bond acceptors (Lipinski definition) is 8. The van der Waals surface area contributed by atoms with Gasteiger partial charge < -0.3 is 14.3 Å². The number of benzene rings is 2. The lowest BCUT2D eigenvalue weighted by molar-refractivity contribution is -0.384. The Labute approximate surface area is 202 Å². The molecule has 35 heavy (non-hydrogen) atoms. The third-order valence-electron chi connectivity index (χ3n) is 4.79. The first kappa shape index (κ1) is 25.4. The first-order valence-electron chi connectivity index (χ1n) is 11.0. The Hall–Kier alpha value is -4.21. The van der Waals surface area contributed by atoms with E-state index in [0.29, 0.717) is 16.5 Å². The highest BCUT2D eigenvalue weighted by Crippen LogP contribution is 2.28. The molecule has 0 fully saturated rings. The summed E-state index contributed by atoms with van der Waals surface area (Å²) in [5, 5.41) is 15.8. The molecule has 10 heteroatoms. The van der Waals surface area contributed by atoms with Crippen LogP contribution >= 0.6 is 0 Å². The molecule has 2 aromatic carbocycles. The molecule has 0 spiro atoms. The van der Waals surface area contributed by atoms with E-state index >= 15 is 0 Å². The highest BCUT2D eigenvalue weighted by molar-refractivity contribution is 6.37. The first-order chi connectivity index (χ1) is 16.6. The fourth-order valence-corrected chi connectivity index (χ4v) is 3.30. The van der Waals surface area contributed by atoms with E-state index < -0.39 is 22.6 Å². The highest BCUT2D eigenvalue weighted by Gasteiger charge is 2.24. The van der Waals surface area contributed by atoms with Crippen molar-refractivity contribution >= 4 is 34.4 Å². The van der Waals surface area contributed by atoms with Crippen LogP contribution < -0.4 is 0 Å². The summed E-state index contributed by atoms with van der Waals surface area (Å²) in [6.07, 6.45) is 0.743. The summed E-state index contributed by atoms with van der Waals surface area (Å²) in [4.78, 5) is 41.6. The zero-order valence-corrected chi connectivity index (χ0v) is 20.0. The molecule has 0 atom stereocenters. The van der Waals surface area contributed by atoms with Crippen molar-refractivity contribution in [2.75, 3.05) is 6.61 Å². The van der Waals surface area contributed by atoms with Gasteiger partial charge in [0.25, 0.3) is 5.69 Å². The number of fused-ring (bicyclic) bond motifs is 1. The molecule has 0 aliphatic rings. The van der Waals surface area contributed by atoms with Gasteiger partial charge in [-0.15, -0.1) is 0 Å². The second kappa shape index (κ2) is 10.8. The number of rotatable bonds is 8. The summed E-state index contributed by atoms with van der Waals surface area (Å²) in [6, 6.07) is 13.4. The number of nitro groups is 1. The molecule has 10 nitrogen and oxygen atoms in total. The Morgan fingerprint density at radius 1 is 1.11 bits per heavy atom. The van der Waals surface area contributed by atoms with E-state index in [9.17, 15) is 19.7 Å². The summed E-state index contributed by atoms with van der Waals surface area (Å²) in [5.74, 6) is -0.691. The summed E-state index contributed by atoms with van der Waals surface area (Å²) in [5.41, 5.74) is 0.750. The lowest BCUT2D eigenvalue weighted by Crippen LogP contribution is -2.26. The van der Waals surface area contributed by atoms with E-state index in [1.165, 1.54) is 29.0 Å². The van der Waals surface area contributed by atoms with Crippen molar-refractivity contribution in [3.05, 3.63) is 76.0 Å². The minimum atomic E-state index is -0.753. The van der Waals surface area contributed by atoms with E-state index in [4.69, 9.17) is 14.3 Å². The number of esters is 1. The van der Waals surface area contributed by atoms with Gasteiger partial charge in [-0.3, -0.25) is 14.7 Å². The third kappa shape index (κ3) is 6.66. The van der Waals surface area contributed by atoms with Gasteiger partial charge in [-0.1, -0.05) is 35.5 Å². The Bertz CT molecular complexity index is 1260. The third-order valence-corrected chi connectivity index (χ3v) is 4.79. The van der Waals surface area contributed by atoms with Gasteiger partial charge in [-0.05, 0) is 44.9 Å². The molecule has 0 aliphatic carbocycles. The number of ether oxygens (including phenoxy) is 2. The lowest BCUT2D eigenvalue weighted by Gasteiger charge is -2.19. The summed E-state index contributed by atoms with van der Waals surface area (Å²) in [6.45, 7) is 7.13. The molecule has 0 saturated heterocycles. The van der Waals surface area contributed by atoms with Crippen molar-refractivity contribution < 1.29 is 28.8 Å². The lowest BCUT2D eigenvalue weighted by atomic mass is 10.1. The van der Waals surface area contributed by atoms with Gasteiger partial charge in [0.15, 0.2) is 5.71 Å². The van der Waals surface area contributed by atoms with Crippen molar-refractivity contribution in [1.82, 2.24) is 4.57 Å². The zero-order chi connectivity index (χ0) is 25.6. The summed E-state index contributed by atoms with van der Waals surface area (Å²) in [7, 11) is 0. The number of oxime groups is 1. The van der Waals surface area contributed by atoms with Crippen LogP contribution in [0.25, 0.3) is 10.9 Å². The number of aromatic nitrogens is 1. The maximum atomic E-state index is 12.8. The van der Waals surface area contributed by atoms with E-state index in [0.717, 1.165) is 5.56 Å². The van der Waals surface area contributed by atoms with E-state index in [2.05, 4.69) is 5.16 Å². The average molecular weight is 482 g/mol. The van der Waals surface area contributed by atoms with Crippen LogP contribution in [0.5, 0.6) is 0 Å². The number of nitrogens with zero attached hydrogens (tertiary/aromatic N) is 3. The summed E-state index contributed by atoms with van der Waals surface area (Å²) >= 11 is 0. The zero-order valence-electron chi connectivity index (χ0n) is 20.0. The van der Waals surface area contributed by atoms with Crippen LogP contribution in [0.4, 0.5) is 10.5 Å². The molecule has 0 bridgehead atoms. The number of non-ortho nitro benzene ring substituents is 1. The standard InChI is InChI=1S/C25H27N3O7/c1-5-33-23(29)21(26-34-16-17-9-7-6-8-10-17)13-18-15-27(24(30)35-25(2,3)4)22-12-11-19(28(31)32)14-20(18)22/h6-12,14-15H,5,13,16H2,1-4H3/b26-21+. The quantitative estimate of drug-likeness (QED) is 0.192. The Morgan fingerprint density at radius 3 is 2.46 bits per heavy atom. The fourth-order valence-electron chi connectivity index (χ4n) is 3.30. The van der Waals surface area contributed by atoms with Crippen molar-refractivity contribution in [2.24, 2.45) is 5.16 Å². The molecule has 1 aromatic heterocycles. The Morgan fingerprint density at radius 2 is 1.83 bits per heavy atom. The monoisotopic (exact) mass is 481 g/mol. The van der Waals surface area contributed by atoms with Crippen molar-refractivity contribution in [3.8, 4) is 0 Å². The topological polar surface area (TPSA) is 122 Å². The Kier molecular flexibility index (Phi) is 7.85.